The molecule has 3 aromatic carbocycles. The number of rotatable bonds is 4. The molecule has 0 atom stereocenters. The van der Waals surface area contributed by atoms with E-state index in [0.29, 0.717) is 39.0 Å². The van der Waals surface area contributed by atoms with E-state index in [1.165, 1.54) is 18.2 Å². The lowest BCUT2D eigenvalue weighted by Gasteiger charge is -2.14. The summed E-state index contributed by atoms with van der Waals surface area (Å²) in [5.74, 6) is 0.0376. The first-order chi connectivity index (χ1) is 15.8. The molecular weight excluding hydrogens is 433 g/mol. The number of carbonyl (C=O) groups excluding carboxylic acids is 1. The van der Waals surface area contributed by atoms with Crippen LogP contribution < -0.4 is 11.1 Å². The lowest BCUT2D eigenvalue weighted by atomic mass is 10.1. The molecule has 0 aliphatic rings. The van der Waals surface area contributed by atoms with Gasteiger partial charge in [-0.2, -0.15) is 18.3 Å². The first-order valence-electron chi connectivity index (χ1n) is 9.79. The van der Waals surface area contributed by atoms with Crippen LogP contribution in [-0.2, 0) is 6.18 Å². The van der Waals surface area contributed by atoms with Gasteiger partial charge in [-0.05, 0) is 36.4 Å². The summed E-state index contributed by atoms with van der Waals surface area (Å²) in [6.45, 7) is 0. The van der Waals surface area contributed by atoms with Crippen LogP contribution in [0.4, 0.5) is 24.8 Å². The Morgan fingerprint density at radius 3 is 2.45 bits per heavy atom. The van der Waals surface area contributed by atoms with Gasteiger partial charge in [0.15, 0.2) is 11.6 Å². The second-order valence-corrected chi connectivity index (χ2v) is 7.28. The summed E-state index contributed by atoms with van der Waals surface area (Å²) >= 11 is 0. The lowest BCUT2D eigenvalue weighted by molar-refractivity contribution is -0.137. The van der Waals surface area contributed by atoms with Crippen LogP contribution in [0.1, 0.15) is 15.9 Å². The second kappa shape index (κ2) is 7.59. The molecule has 7 nitrogen and oxygen atoms in total. The van der Waals surface area contributed by atoms with E-state index in [-0.39, 0.29) is 11.4 Å². The maximum atomic E-state index is 13.6. The van der Waals surface area contributed by atoms with Crippen molar-refractivity contribution < 1.29 is 18.0 Å². The molecule has 2 aromatic heterocycles. The Kier molecular flexibility index (Phi) is 4.70. The number of hydrogen-bond donors (Lipinski definition) is 3. The number of H-pyrrole nitrogens is 1. The average Bonchev–Trinajstić information content (AvgIpc) is 3.20. The maximum absolute atomic E-state index is 13.6. The number of alkyl halides is 3. The molecule has 0 aliphatic heterocycles. The maximum Gasteiger partial charge on any atom is 0.417 e. The van der Waals surface area contributed by atoms with Crippen molar-refractivity contribution >= 4 is 39.3 Å². The Balaban J connectivity index is 1.66. The minimum Gasteiger partial charge on any atom is -0.366 e. The predicted octanol–water partition coefficient (Wildman–Crippen LogP) is 5.03. The van der Waals surface area contributed by atoms with Crippen LogP contribution >= 0.6 is 0 Å². The molecule has 0 radical (unpaired) electrons. The molecule has 164 valence electrons. The monoisotopic (exact) mass is 448 g/mol. The number of carbonyl (C=O) groups is 1. The fraction of sp³-hybridized carbons (Fsp3) is 0.0435. The molecule has 0 bridgehead atoms. The van der Waals surface area contributed by atoms with Crippen LogP contribution in [0.3, 0.4) is 0 Å². The van der Waals surface area contributed by atoms with Gasteiger partial charge in [0.25, 0.3) is 0 Å². The van der Waals surface area contributed by atoms with Crippen LogP contribution in [0.2, 0.25) is 0 Å². The highest BCUT2D eigenvalue weighted by atomic mass is 19.4. The molecule has 2 heterocycles. The zero-order valence-corrected chi connectivity index (χ0v) is 16.8. The van der Waals surface area contributed by atoms with E-state index in [0.717, 1.165) is 6.07 Å². The molecule has 0 saturated heterocycles. The van der Waals surface area contributed by atoms with Gasteiger partial charge >= 0.3 is 6.18 Å². The van der Waals surface area contributed by atoms with Gasteiger partial charge in [0, 0.05) is 21.9 Å². The zero-order valence-electron chi connectivity index (χ0n) is 16.8. The van der Waals surface area contributed by atoms with Crippen LogP contribution in [0, 0.1) is 0 Å². The highest BCUT2D eigenvalue weighted by Gasteiger charge is 2.34. The van der Waals surface area contributed by atoms with Crippen molar-refractivity contribution in [1.82, 2.24) is 20.2 Å². The van der Waals surface area contributed by atoms with Crippen molar-refractivity contribution in [2.24, 2.45) is 5.73 Å². The molecule has 5 rings (SSSR count). The molecule has 0 unspecified atom stereocenters. The molecule has 0 aliphatic carbocycles. The first kappa shape index (κ1) is 20.4. The highest BCUT2D eigenvalue weighted by Crippen LogP contribution is 2.37. The molecule has 0 spiro atoms. The van der Waals surface area contributed by atoms with Crippen LogP contribution in [-0.4, -0.2) is 26.1 Å². The fourth-order valence-corrected chi connectivity index (χ4v) is 3.60. The summed E-state index contributed by atoms with van der Waals surface area (Å²) in [7, 11) is 0. The van der Waals surface area contributed by atoms with Gasteiger partial charge in [0.05, 0.1) is 16.6 Å². The number of aromatic amines is 1. The van der Waals surface area contributed by atoms with E-state index in [4.69, 9.17) is 5.73 Å². The van der Waals surface area contributed by atoms with Crippen molar-refractivity contribution in [3.05, 3.63) is 77.9 Å². The number of hydrogen-bond acceptors (Lipinski definition) is 5. The number of anilines is 2. The third kappa shape index (κ3) is 3.71. The van der Waals surface area contributed by atoms with E-state index >= 15 is 0 Å². The van der Waals surface area contributed by atoms with Gasteiger partial charge in [-0.25, -0.2) is 9.97 Å². The summed E-state index contributed by atoms with van der Waals surface area (Å²) in [6, 6.07) is 17.0. The minimum absolute atomic E-state index is 0.0695. The summed E-state index contributed by atoms with van der Waals surface area (Å²) in [5.41, 5.74) is 5.73. The molecule has 33 heavy (non-hydrogen) atoms. The Bertz CT molecular complexity index is 1530. The summed E-state index contributed by atoms with van der Waals surface area (Å²) in [4.78, 5) is 20.2. The number of benzene rings is 3. The molecular formula is C23H15F3N6O. The van der Waals surface area contributed by atoms with Gasteiger partial charge in [0.2, 0.25) is 5.91 Å². The molecule has 0 saturated carbocycles. The van der Waals surface area contributed by atoms with Crippen molar-refractivity contribution in [2.75, 3.05) is 5.32 Å². The molecule has 1 amide bonds. The number of aromatic nitrogens is 4. The van der Waals surface area contributed by atoms with E-state index in [1.54, 1.807) is 42.5 Å². The van der Waals surface area contributed by atoms with Crippen molar-refractivity contribution in [2.45, 2.75) is 6.18 Å². The molecule has 4 N–H and O–H groups in total. The van der Waals surface area contributed by atoms with E-state index in [1.807, 2.05) is 0 Å². The molecule has 0 fully saturated rings. The van der Waals surface area contributed by atoms with E-state index in [9.17, 15) is 18.0 Å². The van der Waals surface area contributed by atoms with Crippen LogP contribution in [0.5, 0.6) is 0 Å². The SMILES string of the molecule is NC(=O)c1ccc2c(Nc3nc(-c4ccccc4C(F)(F)F)nc4ccccc34)n[nH]c2c1. The van der Waals surface area contributed by atoms with Crippen molar-refractivity contribution in [3.8, 4) is 11.4 Å². The number of fused-ring (bicyclic) bond motifs is 2. The number of primary amides is 1. The average molecular weight is 448 g/mol. The lowest BCUT2D eigenvalue weighted by Crippen LogP contribution is -2.10. The summed E-state index contributed by atoms with van der Waals surface area (Å²) in [6.07, 6.45) is -4.56. The predicted molar refractivity (Wildman–Crippen MR) is 118 cm³/mol. The Labute approximate surface area is 184 Å². The number of nitrogens with two attached hydrogens (primary N) is 1. The van der Waals surface area contributed by atoms with E-state index in [2.05, 4.69) is 25.5 Å². The zero-order chi connectivity index (χ0) is 23.2. The Morgan fingerprint density at radius 1 is 0.909 bits per heavy atom. The highest BCUT2D eigenvalue weighted by molar-refractivity contribution is 6.01. The van der Waals surface area contributed by atoms with Crippen LogP contribution in [0.25, 0.3) is 33.2 Å². The van der Waals surface area contributed by atoms with E-state index < -0.39 is 17.6 Å². The Hall–Kier alpha value is -4.47. The fourth-order valence-electron chi connectivity index (χ4n) is 3.60. The minimum atomic E-state index is -4.56. The first-order valence-corrected chi connectivity index (χ1v) is 9.79. The molecule has 5 aromatic rings. The van der Waals surface area contributed by atoms with Gasteiger partial charge in [-0.15, -0.1) is 0 Å². The van der Waals surface area contributed by atoms with Crippen molar-refractivity contribution in [1.29, 1.82) is 0 Å². The van der Waals surface area contributed by atoms with Gasteiger partial charge in [0.1, 0.15) is 5.82 Å². The quantitative estimate of drug-likeness (QED) is 0.357. The largest absolute Gasteiger partial charge is 0.417 e. The topological polar surface area (TPSA) is 110 Å². The standard InChI is InChI=1S/C23H15F3N6O/c24-23(25,26)16-7-3-1-5-13(16)20-28-17-8-4-2-6-14(17)21(29-20)30-22-15-10-9-12(19(27)33)11-18(15)31-32-22/h1-11H,(H2,27,33)(H2,28,29,30,31,32). The Morgan fingerprint density at radius 2 is 1.67 bits per heavy atom. The van der Waals surface area contributed by atoms with Gasteiger partial charge < -0.3 is 11.1 Å². The molecule has 10 heteroatoms. The van der Waals surface area contributed by atoms with Crippen LogP contribution in [0.15, 0.2) is 66.7 Å². The van der Waals surface area contributed by atoms with Gasteiger partial charge in [-0.1, -0.05) is 30.3 Å². The normalized spacial score (nSPS) is 11.7. The number of para-hydroxylation sites is 1. The van der Waals surface area contributed by atoms with Gasteiger partial charge in [-0.3, -0.25) is 9.89 Å². The second-order valence-electron chi connectivity index (χ2n) is 7.28. The van der Waals surface area contributed by atoms with Crippen molar-refractivity contribution in [3.63, 3.8) is 0 Å². The summed E-state index contributed by atoms with van der Waals surface area (Å²) in [5, 5.41) is 11.4. The number of nitrogens with zero attached hydrogens (tertiary/aromatic N) is 3. The number of nitrogens with one attached hydrogen (secondary N) is 2. The smallest absolute Gasteiger partial charge is 0.366 e. The third-order valence-corrected chi connectivity index (χ3v) is 5.16. The number of halogens is 3. The third-order valence-electron chi connectivity index (χ3n) is 5.16. The number of amides is 1. The summed E-state index contributed by atoms with van der Waals surface area (Å²) < 4.78 is 40.8.